The van der Waals surface area contributed by atoms with Gasteiger partial charge in [-0.3, -0.25) is 9.89 Å². The van der Waals surface area contributed by atoms with E-state index in [2.05, 4.69) is 20.6 Å². The van der Waals surface area contributed by atoms with E-state index in [9.17, 15) is 13.6 Å². The van der Waals surface area contributed by atoms with Crippen molar-refractivity contribution in [2.24, 2.45) is 0 Å². The minimum atomic E-state index is -2.54. The van der Waals surface area contributed by atoms with Gasteiger partial charge < -0.3 is 5.32 Å². The molecule has 1 aliphatic rings. The molecule has 8 heteroatoms. The molecular formula is C19H19F2N5O. The molecule has 1 atom stereocenters. The molecule has 2 N–H and O–H groups in total. The average Bonchev–Trinajstić information content (AvgIpc) is 3.21. The molecule has 3 aromatic rings. The third kappa shape index (κ3) is 3.74. The first-order chi connectivity index (χ1) is 13.0. The lowest BCUT2D eigenvalue weighted by atomic mass is 10.0. The second-order valence-corrected chi connectivity index (χ2v) is 6.81. The first-order valence-corrected chi connectivity index (χ1v) is 8.80. The molecule has 2 aromatic heterocycles. The number of hydrogen-bond acceptors (Lipinski definition) is 3. The number of carbonyl (C=O) groups excluding carboxylic acids is 1. The van der Waals surface area contributed by atoms with Gasteiger partial charge in [0.15, 0.2) is 5.82 Å². The summed E-state index contributed by atoms with van der Waals surface area (Å²) in [6, 6.07) is 7.87. The van der Waals surface area contributed by atoms with E-state index >= 15 is 0 Å². The normalized spacial score (nSPS) is 15.1. The summed E-state index contributed by atoms with van der Waals surface area (Å²) >= 11 is 0. The number of anilines is 1. The number of nitrogens with one attached hydrogen (secondary N) is 2. The highest BCUT2D eigenvalue weighted by Crippen LogP contribution is 2.39. The van der Waals surface area contributed by atoms with Gasteiger partial charge in [-0.1, -0.05) is 12.1 Å². The molecule has 0 radical (unpaired) electrons. The molecule has 2 heterocycles. The van der Waals surface area contributed by atoms with Crippen molar-refractivity contribution in [2.45, 2.75) is 38.0 Å². The van der Waals surface area contributed by atoms with Crippen LogP contribution in [0.2, 0.25) is 0 Å². The van der Waals surface area contributed by atoms with Gasteiger partial charge in [0.2, 0.25) is 5.91 Å². The summed E-state index contributed by atoms with van der Waals surface area (Å²) in [6.07, 6.45) is 3.00. The molecule has 0 saturated heterocycles. The third-order valence-electron chi connectivity index (χ3n) is 4.75. The SMILES string of the molecule is CC(C(=O)Nc1cc(C2CC2)[nH]n1)c1cnn(-c2cccc(C(F)F)c2)c1. The fourth-order valence-corrected chi connectivity index (χ4v) is 2.89. The summed E-state index contributed by atoms with van der Waals surface area (Å²) in [5.74, 6) is 0.372. The second-order valence-electron chi connectivity index (χ2n) is 6.81. The van der Waals surface area contributed by atoms with Crippen LogP contribution in [0.15, 0.2) is 42.7 Å². The molecule has 0 bridgehead atoms. The van der Waals surface area contributed by atoms with Crippen LogP contribution in [-0.4, -0.2) is 25.9 Å². The van der Waals surface area contributed by atoms with Crippen LogP contribution in [-0.2, 0) is 4.79 Å². The van der Waals surface area contributed by atoms with Crippen LogP contribution in [0, 0.1) is 0 Å². The van der Waals surface area contributed by atoms with E-state index in [1.165, 1.54) is 16.8 Å². The Morgan fingerprint density at radius 3 is 2.85 bits per heavy atom. The zero-order valence-electron chi connectivity index (χ0n) is 14.7. The molecule has 1 fully saturated rings. The quantitative estimate of drug-likeness (QED) is 0.683. The van der Waals surface area contributed by atoms with Gasteiger partial charge in [0.05, 0.1) is 17.8 Å². The highest BCUT2D eigenvalue weighted by atomic mass is 19.3. The smallest absolute Gasteiger partial charge is 0.263 e. The van der Waals surface area contributed by atoms with Gasteiger partial charge in [0.25, 0.3) is 6.43 Å². The minimum Gasteiger partial charge on any atom is -0.309 e. The molecule has 1 amide bonds. The lowest BCUT2D eigenvalue weighted by Gasteiger charge is -2.08. The molecule has 1 unspecified atom stereocenters. The van der Waals surface area contributed by atoms with Crippen molar-refractivity contribution in [3.05, 3.63) is 59.5 Å². The highest BCUT2D eigenvalue weighted by Gasteiger charge is 2.26. The van der Waals surface area contributed by atoms with Crippen LogP contribution in [0.4, 0.5) is 14.6 Å². The summed E-state index contributed by atoms with van der Waals surface area (Å²) in [4.78, 5) is 12.5. The van der Waals surface area contributed by atoms with Crippen molar-refractivity contribution >= 4 is 11.7 Å². The largest absolute Gasteiger partial charge is 0.309 e. The summed E-state index contributed by atoms with van der Waals surface area (Å²) in [5, 5.41) is 14.1. The van der Waals surface area contributed by atoms with Crippen LogP contribution in [0.3, 0.4) is 0 Å². The predicted octanol–water partition coefficient (Wildman–Crippen LogP) is 4.15. The summed E-state index contributed by atoms with van der Waals surface area (Å²) < 4.78 is 27.2. The molecule has 0 spiro atoms. The van der Waals surface area contributed by atoms with Crippen LogP contribution < -0.4 is 5.32 Å². The maximum Gasteiger partial charge on any atom is 0.263 e. The molecular weight excluding hydrogens is 352 g/mol. The molecule has 6 nitrogen and oxygen atoms in total. The standard InChI is InChI=1S/C19H19F2N5O/c1-11(19(27)23-17-8-16(24-25-17)12-5-6-12)14-9-22-26(10-14)15-4-2-3-13(7-15)18(20)21/h2-4,7-12,18H,5-6H2,1H3,(H2,23,24,25,27). The van der Waals surface area contributed by atoms with E-state index in [0.717, 1.165) is 18.5 Å². The van der Waals surface area contributed by atoms with Gasteiger partial charge in [-0.2, -0.15) is 10.2 Å². The number of aromatic nitrogens is 4. The van der Waals surface area contributed by atoms with E-state index in [-0.39, 0.29) is 11.5 Å². The topological polar surface area (TPSA) is 75.6 Å². The molecule has 27 heavy (non-hydrogen) atoms. The molecule has 1 aliphatic carbocycles. The Morgan fingerprint density at radius 1 is 1.30 bits per heavy atom. The second kappa shape index (κ2) is 6.94. The van der Waals surface area contributed by atoms with Gasteiger partial charge in [-0.15, -0.1) is 0 Å². The lowest BCUT2D eigenvalue weighted by molar-refractivity contribution is -0.117. The lowest BCUT2D eigenvalue weighted by Crippen LogP contribution is -2.18. The number of rotatable bonds is 6. The van der Waals surface area contributed by atoms with Crippen LogP contribution in [0.25, 0.3) is 5.69 Å². The first kappa shape index (κ1) is 17.4. The number of halogens is 2. The number of hydrogen-bond donors (Lipinski definition) is 2. The van der Waals surface area contributed by atoms with Crippen LogP contribution >= 0.6 is 0 Å². The molecule has 4 rings (SSSR count). The van der Waals surface area contributed by atoms with Gasteiger partial charge >= 0.3 is 0 Å². The predicted molar refractivity (Wildman–Crippen MR) is 96.1 cm³/mol. The molecule has 1 aromatic carbocycles. The minimum absolute atomic E-state index is 0.0691. The van der Waals surface area contributed by atoms with Gasteiger partial charge in [-0.05, 0) is 31.9 Å². The fourth-order valence-electron chi connectivity index (χ4n) is 2.89. The number of aromatic amines is 1. The third-order valence-corrected chi connectivity index (χ3v) is 4.75. The summed E-state index contributed by atoms with van der Waals surface area (Å²) in [5.41, 5.74) is 2.19. The van der Waals surface area contributed by atoms with E-state index in [1.54, 1.807) is 31.5 Å². The van der Waals surface area contributed by atoms with E-state index in [4.69, 9.17) is 0 Å². The number of carbonyl (C=O) groups is 1. The number of benzene rings is 1. The Kier molecular flexibility index (Phi) is 4.47. The molecule has 140 valence electrons. The van der Waals surface area contributed by atoms with E-state index in [1.807, 2.05) is 6.07 Å². The number of nitrogens with zero attached hydrogens (tertiary/aromatic N) is 3. The number of amides is 1. The zero-order chi connectivity index (χ0) is 19.0. The van der Waals surface area contributed by atoms with Crippen molar-refractivity contribution in [3.63, 3.8) is 0 Å². The monoisotopic (exact) mass is 371 g/mol. The zero-order valence-corrected chi connectivity index (χ0v) is 14.7. The first-order valence-electron chi connectivity index (χ1n) is 8.80. The number of alkyl halides is 2. The summed E-state index contributed by atoms with van der Waals surface area (Å²) in [6.45, 7) is 1.76. The average molecular weight is 371 g/mol. The van der Waals surface area contributed by atoms with Crippen LogP contribution in [0.5, 0.6) is 0 Å². The Hall–Kier alpha value is -3.03. The van der Waals surface area contributed by atoms with Crippen molar-refractivity contribution in [1.29, 1.82) is 0 Å². The van der Waals surface area contributed by atoms with Crippen molar-refractivity contribution < 1.29 is 13.6 Å². The Labute approximate surface area is 154 Å². The fraction of sp³-hybridized carbons (Fsp3) is 0.316. The maximum absolute atomic E-state index is 12.9. The Balaban J connectivity index is 1.46. The van der Waals surface area contributed by atoms with Crippen molar-refractivity contribution in [2.75, 3.05) is 5.32 Å². The number of H-pyrrole nitrogens is 1. The summed E-state index contributed by atoms with van der Waals surface area (Å²) in [7, 11) is 0. The molecule has 0 aliphatic heterocycles. The Bertz CT molecular complexity index is 960. The van der Waals surface area contributed by atoms with Gasteiger partial charge in [0, 0.05) is 35.0 Å². The van der Waals surface area contributed by atoms with Gasteiger partial charge in [-0.25, -0.2) is 13.5 Å². The van der Waals surface area contributed by atoms with E-state index in [0.29, 0.717) is 23.0 Å². The van der Waals surface area contributed by atoms with Crippen molar-refractivity contribution in [1.82, 2.24) is 20.0 Å². The van der Waals surface area contributed by atoms with Crippen LogP contribution in [0.1, 0.15) is 54.8 Å². The van der Waals surface area contributed by atoms with Gasteiger partial charge in [0.1, 0.15) is 0 Å². The maximum atomic E-state index is 12.9. The van der Waals surface area contributed by atoms with E-state index < -0.39 is 12.3 Å². The highest BCUT2D eigenvalue weighted by molar-refractivity contribution is 5.94. The van der Waals surface area contributed by atoms with Crippen molar-refractivity contribution in [3.8, 4) is 5.69 Å². The Morgan fingerprint density at radius 2 is 2.11 bits per heavy atom. The molecule has 1 saturated carbocycles.